The van der Waals surface area contributed by atoms with E-state index in [-0.39, 0.29) is 5.56 Å². The number of aryl methyl sites for hydroxylation is 2. The minimum Gasteiger partial charge on any atom is -0.302 e. The Morgan fingerprint density at radius 3 is 2.64 bits per heavy atom. The highest BCUT2D eigenvalue weighted by Gasteiger charge is 2.15. The molecule has 4 nitrogen and oxygen atoms in total. The van der Waals surface area contributed by atoms with Crippen molar-refractivity contribution < 1.29 is 0 Å². The Balaban J connectivity index is 2.23. The van der Waals surface area contributed by atoms with Crippen LogP contribution in [0.15, 0.2) is 46.3 Å². The van der Waals surface area contributed by atoms with Gasteiger partial charge in [0.05, 0.1) is 17.4 Å². The van der Waals surface area contributed by atoms with E-state index < -0.39 is 0 Å². The maximum atomic E-state index is 12.4. The smallest absolute Gasteiger partial charge is 0.262 e. The van der Waals surface area contributed by atoms with Crippen LogP contribution in [0.4, 0.5) is 0 Å². The summed E-state index contributed by atoms with van der Waals surface area (Å²) in [7, 11) is 1.71. The quantitative estimate of drug-likeness (QED) is 0.698. The lowest BCUT2D eigenvalue weighted by molar-refractivity contribution is 0.834. The van der Waals surface area contributed by atoms with Crippen LogP contribution in [0.3, 0.4) is 0 Å². The number of pyridine rings is 1. The summed E-state index contributed by atoms with van der Waals surface area (Å²) >= 11 is 1.63. The van der Waals surface area contributed by atoms with Crippen molar-refractivity contribution in [2.75, 3.05) is 6.26 Å². The average Bonchev–Trinajstić information content (AvgIpc) is 2.52. The fraction of sp³-hybridized carbons (Fsp3) is 0.235. The van der Waals surface area contributed by atoms with Gasteiger partial charge in [-0.15, -0.1) is 11.8 Å². The summed E-state index contributed by atoms with van der Waals surface area (Å²) in [4.78, 5) is 22.4. The minimum absolute atomic E-state index is 0.0449. The number of nitrogens with zero attached hydrogens (tertiary/aromatic N) is 3. The molecule has 0 unspecified atom stereocenters. The minimum atomic E-state index is -0.0449. The van der Waals surface area contributed by atoms with Crippen LogP contribution in [0.1, 0.15) is 16.8 Å². The Labute approximate surface area is 133 Å². The Morgan fingerprint density at radius 1 is 1.23 bits per heavy atom. The van der Waals surface area contributed by atoms with E-state index in [1.807, 2.05) is 31.4 Å². The first-order valence-electron chi connectivity index (χ1n) is 7.04. The van der Waals surface area contributed by atoms with Crippen molar-refractivity contribution in [2.45, 2.75) is 18.2 Å². The number of fused-ring (bicyclic) bond motifs is 1. The number of rotatable bonds is 3. The van der Waals surface area contributed by atoms with E-state index in [2.05, 4.69) is 22.1 Å². The van der Waals surface area contributed by atoms with E-state index in [1.54, 1.807) is 18.8 Å². The van der Waals surface area contributed by atoms with Gasteiger partial charge < -0.3 is 4.57 Å². The predicted molar refractivity (Wildman–Crippen MR) is 90.5 cm³/mol. The molecule has 3 aromatic rings. The first-order valence-corrected chi connectivity index (χ1v) is 8.27. The van der Waals surface area contributed by atoms with Crippen molar-refractivity contribution in [1.29, 1.82) is 0 Å². The molecule has 0 atom stereocenters. The number of benzene rings is 1. The molecular weight excluding hydrogens is 294 g/mol. The molecule has 0 amide bonds. The number of hydrogen-bond donors (Lipinski definition) is 0. The second kappa shape index (κ2) is 5.93. The van der Waals surface area contributed by atoms with Gasteiger partial charge in [-0.25, -0.2) is 9.97 Å². The molecule has 0 aliphatic carbocycles. The van der Waals surface area contributed by atoms with Crippen LogP contribution >= 0.6 is 11.8 Å². The number of thioether (sulfide) groups is 1. The van der Waals surface area contributed by atoms with Crippen molar-refractivity contribution in [3.8, 4) is 0 Å². The molecule has 0 radical (unpaired) electrons. The monoisotopic (exact) mass is 311 g/mol. The largest absolute Gasteiger partial charge is 0.302 e. The highest BCUT2D eigenvalue weighted by Crippen LogP contribution is 2.28. The predicted octanol–water partition coefficient (Wildman–Crippen LogP) is 2.95. The van der Waals surface area contributed by atoms with Crippen LogP contribution < -0.4 is 5.56 Å². The van der Waals surface area contributed by atoms with Crippen molar-refractivity contribution >= 4 is 22.8 Å². The van der Waals surface area contributed by atoms with Crippen molar-refractivity contribution in [3.63, 3.8) is 0 Å². The molecular formula is C17H17N3OS. The Morgan fingerprint density at radius 2 is 1.95 bits per heavy atom. The molecule has 22 heavy (non-hydrogen) atoms. The first kappa shape index (κ1) is 14.8. The van der Waals surface area contributed by atoms with Crippen LogP contribution in [-0.2, 0) is 13.5 Å². The van der Waals surface area contributed by atoms with Gasteiger partial charge in [0, 0.05) is 18.4 Å². The third-order valence-corrected chi connectivity index (χ3v) is 4.70. The van der Waals surface area contributed by atoms with Gasteiger partial charge in [-0.1, -0.05) is 30.3 Å². The maximum absolute atomic E-state index is 12.4. The molecule has 0 aliphatic rings. The fourth-order valence-corrected chi connectivity index (χ4v) is 3.39. The molecule has 0 spiro atoms. The molecule has 0 saturated carbocycles. The molecule has 0 saturated heterocycles. The molecule has 0 N–H and O–H groups in total. The summed E-state index contributed by atoms with van der Waals surface area (Å²) < 4.78 is 1.50. The number of aromatic nitrogens is 3. The van der Waals surface area contributed by atoms with Gasteiger partial charge in [0.15, 0.2) is 5.65 Å². The molecule has 0 fully saturated rings. The highest BCUT2D eigenvalue weighted by atomic mass is 32.2. The summed E-state index contributed by atoms with van der Waals surface area (Å²) in [6.45, 7) is 1.98. The molecule has 3 rings (SSSR count). The van der Waals surface area contributed by atoms with Gasteiger partial charge in [-0.3, -0.25) is 4.79 Å². The number of hydrogen-bond acceptors (Lipinski definition) is 4. The Bertz CT molecular complexity index is 888. The highest BCUT2D eigenvalue weighted by molar-refractivity contribution is 7.98. The van der Waals surface area contributed by atoms with Crippen molar-refractivity contribution in [3.05, 3.63) is 63.8 Å². The zero-order valence-corrected chi connectivity index (χ0v) is 13.6. The van der Waals surface area contributed by atoms with Crippen LogP contribution in [0.5, 0.6) is 0 Å². The van der Waals surface area contributed by atoms with Gasteiger partial charge in [-0.05, 0) is 24.3 Å². The third-order valence-electron chi connectivity index (χ3n) is 3.75. The molecule has 112 valence electrons. The van der Waals surface area contributed by atoms with Gasteiger partial charge in [0.1, 0.15) is 0 Å². The molecule has 2 heterocycles. The lowest BCUT2D eigenvalue weighted by atomic mass is 10.1. The standard InChI is InChI=1S/C17H17N3OS/c1-11-14-16(18-10-20(2)17(14)21)19-13(15(11)22-3)9-12-7-5-4-6-8-12/h4-8,10H,9H2,1-3H3. The molecule has 0 aliphatic heterocycles. The second-order valence-electron chi connectivity index (χ2n) is 5.24. The lowest BCUT2D eigenvalue weighted by Crippen LogP contribution is -2.19. The summed E-state index contributed by atoms with van der Waals surface area (Å²) in [5.41, 5.74) is 3.63. The van der Waals surface area contributed by atoms with E-state index >= 15 is 0 Å². The van der Waals surface area contributed by atoms with Gasteiger partial charge >= 0.3 is 0 Å². The maximum Gasteiger partial charge on any atom is 0.262 e. The van der Waals surface area contributed by atoms with E-state index in [4.69, 9.17) is 0 Å². The lowest BCUT2D eigenvalue weighted by Gasteiger charge is -2.12. The summed E-state index contributed by atoms with van der Waals surface area (Å²) in [5, 5.41) is 0.617. The van der Waals surface area contributed by atoms with Crippen molar-refractivity contribution in [1.82, 2.24) is 14.5 Å². The van der Waals surface area contributed by atoms with Gasteiger partial charge in [0.2, 0.25) is 0 Å². The third kappa shape index (κ3) is 2.52. The van der Waals surface area contributed by atoms with Crippen LogP contribution in [0, 0.1) is 6.92 Å². The molecule has 2 aromatic heterocycles. The van der Waals surface area contributed by atoms with E-state index in [9.17, 15) is 4.79 Å². The fourth-order valence-electron chi connectivity index (χ4n) is 2.63. The summed E-state index contributed by atoms with van der Waals surface area (Å²) in [6, 6.07) is 10.2. The van der Waals surface area contributed by atoms with Crippen LogP contribution in [0.2, 0.25) is 0 Å². The average molecular weight is 311 g/mol. The zero-order valence-electron chi connectivity index (χ0n) is 12.8. The summed E-state index contributed by atoms with van der Waals surface area (Å²) in [5.74, 6) is 0. The van der Waals surface area contributed by atoms with E-state index in [0.717, 1.165) is 22.6 Å². The van der Waals surface area contributed by atoms with Crippen molar-refractivity contribution in [2.24, 2.45) is 7.05 Å². The van der Waals surface area contributed by atoms with Gasteiger partial charge in [-0.2, -0.15) is 0 Å². The SMILES string of the molecule is CSc1c(Cc2ccccc2)nc2ncn(C)c(=O)c2c1C. The summed E-state index contributed by atoms with van der Waals surface area (Å²) in [6.07, 6.45) is 4.29. The first-order chi connectivity index (χ1) is 10.6. The normalized spacial score (nSPS) is 11.0. The molecule has 1 aromatic carbocycles. The van der Waals surface area contributed by atoms with Gasteiger partial charge in [0.25, 0.3) is 5.56 Å². The molecule has 0 bridgehead atoms. The molecule has 5 heteroatoms. The van der Waals surface area contributed by atoms with E-state index in [1.165, 1.54) is 16.5 Å². The Hall–Kier alpha value is -2.14. The van der Waals surface area contributed by atoms with Crippen LogP contribution in [-0.4, -0.2) is 20.8 Å². The zero-order chi connectivity index (χ0) is 15.7. The topological polar surface area (TPSA) is 47.8 Å². The Kier molecular flexibility index (Phi) is 3.98. The van der Waals surface area contributed by atoms with Crippen LogP contribution in [0.25, 0.3) is 11.0 Å². The van der Waals surface area contributed by atoms with E-state index in [0.29, 0.717) is 11.0 Å². The second-order valence-corrected chi connectivity index (χ2v) is 6.05.